The lowest BCUT2D eigenvalue weighted by molar-refractivity contribution is 0.0954. The van der Waals surface area contributed by atoms with Crippen LogP contribution in [0.15, 0.2) is 77.9 Å². The summed E-state index contributed by atoms with van der Waals surface area (Å²) in [4.78, 5) is 24.3. The number of halogens is 1. The summed E-state index contributed by atoms with van der Waals surface area (Å²) in [6.45, 7) is 1.95. The molecule has 0 saturated carbocycles. The number of aryl methyl sites for hydroxylation is 1. The number of rotatable bonds is 5. The Morgan fingerprint density at radius 3 is 2.14 bits per heavy atom. The normalized spacial score (nSPS) is 10.6. The van der Waals surface area contributed by atoms with E-state index in [1.807, 2.05) is 19.1 Å². The van der Waals surface area contributed by atoms with Crippen molar-refractivity contribution >= 4 is 23.7 Å². The number of hydrogen-bond acceptors (Lipinski definition) is 3. The molecular formula is C22H18FN3O2. The molecule has 140 valence electrons. The van der Waals surface area contributed by atoms with Crippen LogP contribution in [0, 0.1) is 12.7 Å². The number of carbonyl (C=O) groups excluding carboxylic acids is 2. The van der Waals surface area contributed by atoms with Crippen LogP contribution in [-0.4, -0.2) is 18.0 Å². The average Bonchev–Trinajstić information content (AvgIpc) is 2.70. The van der Waals surface area contributed by atoms with Crippen LogP contribution in [0.1, 0.15) is 31.8 Å². The molecule has 0 aliphatic carbocycles. The van der Waals surface area contributed by atoms with E-state index in [9.17, 15) is 14.0 Å². The highest BCUT2D eigenvalue weighted by Gasteiger charge is 2.08. The third-order valence-corrected chi connectivity index (χ3v) is 3.99. The lowest BCUT2D eigenvalue weighted by atomic mass is 10.1. The van der Waals surface area contributed by atoms with Gasteiger partial charge in [0.2, 0.25) is 0 Å². The predicted molar refractivity (Wildman–Crippen MR) is 107 cm³/mol. The first-order valence-electron chi connectivity index (χ1n) is 8.59. The van der Waals surface area contributed by atoms with Gasteiger partial charge in [0.15, 0.2) is 0 Å². The summed E-state index contributed by atoms with van der Waals surface area (Å²) in [5, 5.41) is 6.53. The van der Waals surface area contributed by atoms with Crippen molar-refractivity contribution in [1.82, 2.24) is 5.43 Å². The van der Waals surface area contributed by atoms with Crippen molar-refractivity contribution in [2.75, 3.05) is 5.32 Å². The number of nitrogens with one attached hydrogen (secondary N) is 2. The molecule has 3 rings (SSSR count). The van der Waals surface area contributed by atoms with E-state index >= 15 is 0 Å². The maximum absolute atomic E-state index is 13.5. The smallest absolute Gasteiger partial charge is 0.271 e. The number of nitrogens with zero attached hydrogens (tertiary/aromatic N) is 1. The molecule has 0 aliphatic rings. The van der Waals surface area contributed by atoms with Gasteiger partial charge in [-0.25, -0.2) is 9.82 Å². The zero-order valence-electron chi connectivity index (χ0n) is 15.1. The second kappa shape index (κ2) is 8.73. The molecule has 0 heterocycles. The van der Waals surface area contributed by atoms with Gasteiger partial charge in [0.25, 0.3) is 11.8 Å². The number of carbonyl (C=O) groups is 2. The van der Waals surface area contributed by atoms with Crippen LogP contribution in [0.25, 0.3) is 0 Å². The molecule has 0 bridgehead atoms. The fourth-order valence-corrected chi connectivity index (χ4v) is 2.42. The highest BCUT2D eigenvalue weighted by molar-refractivity contribution is 6.04. The highest BCUT2D eigenvalue weighted by Crippen LogP contribution is 2.12. The van der Waals surface area contributed by atoms with Crippen molar-refractivity contribution in [3.8, 4) is 0 Å². The number of hydrogen-bond donors (Lipinski definition) is 2. The van der Waals surface area contributed by atoms with Crippen LogP contribution in [-0.2, 0) is 0 Å². The van der Waals surface area contributed by atoms with Gasteiger partial charge in [0, 0.05) is 22.4 Å². The Kier molecular flexibility index (Phi) is 5.91. The summed E-state index contributed by atoms with van der Waals surface area (Å²) < 4.78 is 13.5. The van der Waals surface area contributed by atoms with Gasteiger partial charge in [-0.05, 0) is 49.4 Å². The second-order valence-electron chi connectivity index (χ2n) is 6.12. The van der Waals surface area contributed by atoms with Crippen LogP contribution in [0.3, 0.4) is 0 Å². The van der Waals surface area contributed by atoms with Gasteiger partial charge < -0.3 is 5.32 Å². The van der Waals surface area contributed by atoms with Crippen LogP contribution < -0.4 is 10.7 Å². The lowest BCUT2D eigenvalue weighted by Crippen LogP contribution is -2.18. The van der Waals surface area contributed by atoms with Crippen LogP contribution in [0.2, 0.25) is 0 Å². The van der Waals surface area contributed by atoms with Gasteiger partial charge in [-0.1, -0.05) is 35.9 Å². The fourth-order valence-electron chi connectivity index (χ4n) is 2.42. The van der Waals surface area contributed by atoms with Crippen molar-refractivity contribution in [2.24, 2.45) is 5.10 Å². The van der Waals surface area contributed by atoms with Gasteiger partial charge in [0.1, 0.15) is 5.82 Å². The monoisotopic (exact) mass is 375 g/mol. The predicted octanol–water partition coefficient (Wildman–Crippen LogP) is 4.15. The van der Waals surface area contributed by atoms with E-state index in [1.54, 1.807) is 54.6 Å². The number of hydrazone groups is 1. The Labute approximate surface area is 161 Å². The molecule has 2 N–H and O–H groups in total. The molecule has 3 aromatic rings. The molecule has 0 saturated heterocycles. The zero-order chi connectivity index (χ0) is 19.9. The molecule has 0 radical (unpaired) electrons. The summed E-state index contributed by atoms with van der Waals surface area (Å²) >= 11 is 0. The van der Waals surface area contributed by atoms with Crippen molar-refractivity contribution in [1.29, 1.82) is 0 Å². The largest absolute Gasteiger partial charge is 0.322 e. The van der Waals surface area contributed by atoms with Crippen LogP contribution >= 0.6 is 0 Å². The Hall–Kier alpha value is -3.80. The third-order valence-electron chi connectivity index (χ3n) is 3.99. The Morgan fingerprint density at radius 2 is 1.46 bits per heavy atom. The molecule has 0 fully saturated rings. The standard InChI is InChI=1S/C22H18FN3O2/c1-15-6-8-16(9-7-15)21(27)25-19-12-10-17(11-13-19)22(28)26-24-14-18-4-2-3-5-20(18)23/h2-14H,1H3,(H,25,27)(H,26,28). The molecule has 0 aliphatic heterocycles. The molecule has 0 aromatic heterocycles. The molecule has 0 unspecified atom stereocenters. The van der Waals surface area contributed by atoms with Gasteiger partial charge >= 0.3 is 0 Å². The summed E-state index contributed by atoms with van der Waals surface area (Å²) in [6.07, 6.45) is 1.24. The highest BCUT2D eigenvalue weighted by atomic mass is 19.1. The Bertz CT molecular complexity index is 1010. The number of benzene rings is 3. The molecule has 6 heteroatoms. The van der Waals surface area contributed by atoms with Crippen molar-refractivity contribution in [3.63, 3.8) is 0 Å². The molecule has 28 heavy (non-hydrogen) atoms. The molecule has 5 nitrogen and oxygen atoms in total. The summed E-state index contributed by atoms with van der Waals surface area (Å²) in [6, 6.07) is 19.7. The van der Waals surface area contributed by atoms with Crippen LogP contribution in [0.5, 0.6) is 0 Å². The Morgan fingerprint density at radius 1 is 0.857 bits per heavy atom. The first-order valence-corrected chi connectivity index (χ1v) is 8.59. The first-order chi connectivity index (χ1) is 13.5. The number of anilines is 1. The fraction of sp³-hybridized carbons (Fsp3) is 0.0455. The third kappa shape index (κ3) is 4.88. The lowest BCUT2D eigenvalue weighted by Gasteiger charge is -2.06. The molecule has 0 spiro atoms. The van der Waals surface area contributed by atoms with E-state index in [-0.39, 0.29) is 11.5 Å². The van der Waals surface area contributed by atoms with Crippen molar-refractivity contribution in [3.05, 3.63) is 101 Å². The average molecular weight is 375 g/mol. The van der Waals surface area contributed by atoms with E-state index in [0.29, 0.717) is 16.8 Å². The van der Waals surface area contributed by atoms with Gasteiger partial charge in [-0.15, -0.1) is 0 Å². The topological polar surface area (TPSA) is 70.6 Å². The quantitative estimate of drug-likeness (QED) is 0.519. The van der Waals surface area contributed by atoms with Gasteiger partial charge in [0.05, 0.1) is 6.21 Å². The minimum Gasteiger partial charge on any atom is -0.322 e. The zero-order valence-corrected chi connectivity index (χ0v) is 15.1. The van der Waals surface area contributed by atoms with Crippen molar-refractivity contribution < 1.29 is 14.0 Å². The van der Waals surface area contributed by atoms with Crippen molar-refractivity contribution in [2.45, 2.75) is 6.92 Å². The van der Waals surface area contributed by atoms with E-state index in [4.69, 9.17) is 0 Å². The maximum atomic E-state index is 13.5. The summed E-state index contributed by atoms with van der Waals surface area (Å²) in [7, 11) is 0. The first kappa shape index (κ1) is 19.0. The summed E-state index contributed by atoms with van der Waals surface area (Å²) in [5.41, 5.74) is 5.17. The molecular weight excluding hydrogens is 357 g/mol. The van der Waals surface area contributed by atoms with E-state index in [1.165, 1.54) is 12.3 Å². The minimum atomic E-state index is -0.441. The number of amides is 2. The van der Waals surface area contributed by atoms with E-state index in [2.05, 4.69) is 15.8 Å². The summed E-state index contributed by atoms with van der Waals surface area (Å²) in [5.74, 6) is -1.09. The minimum absolute atomic E-state index is 0.230. The molecule has 2 amide bonds. The van der Waals surface area contributed by atoms with Crippen LogP contribution in [0.4, 0.5) is 10.1 Å². The maximum Gasteiger partial charge on any atom is 0.271 e. The van der Waals surface area contributed by atoms with Gasteiger partial charge in [-0.2, -0.15) is 5.10 Å². The second-order valence-corrected chi connectivity index (χ2v) is 6.12. The van der Waals surface area contributed by atoms with E-state index < -0.39 is 11.7 Å². The Balaban J connectivity index is 1.59. The van der Waals surface area contributed by atoms with E-state index in [0.717, 1.165) is 5.56 Å². The molecule has 0 atom stereocenters. The van der Waals surface area contributed by atoms with Gasteiger partial charge in [-0.3, -0.25) is 9.59 Å². The molecule has 3 aromatic carbocycles. The SMILES string of the molecule is Cc1ccc(C(=O)Nc2ccc(C(=O)NN=Cc3ccccc3F)cc2)cc1.